The number of carbonyl (C=O) groups is 1. The van der Waals surface area contributed by atoms with Crippen LogP contribution in [0.3, 0.4) is 0 Å². The molecule has 0 saturated heterocycles. The molecule has 2 nitrogen and oxygen atoms in total. The summed E-state index contributed by atoms with van der Waals surface area (Å²) in [5.41, 5.74) is 4.43. The number of benzene rings is 2. The van der Waals surface area contributed by atoms with Gasteiger partial charge in [0.05, 0.1) is 6.61 Å². The summed E-state index contributed by atoms with van der Waals surface area (Å²) in [5, 5.41) is 1.06. The Balaban J connectivity index is 0.00000312. The molecule has 0 spiro atoms. The van der Waals surface area contributed by atoms with Crippen LogP contribution in [0.4, 0.5) is 0 Å². The van der Waals surface area contributed by atoms with Gasteiger partial charge in [0.1, 0.15) is 5.75 Å². The summed E-state index contributed by atoms with van der Waals surface area (Å²) in [4.78, 5) is 12.7. The molecule has 2 rings (SSSR count). The van der Waals surface area contributed by atoms with E-state index in [0.717, 1.165) is 40.8 Å². The van der Waals surface area contributed by atoms with Crippen LogP contribution in [0, 0.1) is 20.8 Å². The Hall–Kier alpha value is -1.06. The van der Waals surface area contributed by atoms with Crippen molar-refractivity contribution in [1.82, 2.24) is 0 Å². The molecular formula is C21H27LiO2P. The van der Waals surface area contributed by atoms with Gasteiger partial charge in [-0.3, -0.25) is 4.79 Å². The van der Waals surface area contributed by atoms with Crippen LogP contribution in [0.5, 0.6) is 5.75 Å². The van der Waals surface area contributed by atoms with Crippen molar-refractivity contribution in [3.63, 3.8) is 0 Å². The van der Waals surface area contributed by atoms with Crippen molar-refractivity contribution in [2.75, 3.05) is 6.61 Å². The third kappa shape index (κ3) is 6.63. The zero-order valence-electron chi connectivity index (χ0n) is 16.1. The zero-order chi connectivity index (χ0) is 17.5. The van der Waals surface area contributed by atoms with Crippen LogP contribution in [-0.2, 0) is 0 Å². The van der Waals surface area contributed by atoms with Crippen molar-refractivity contribution in [2.45, 2.75) is 47.0 Å². The second-order valence-electron chi connectivity index (χ2n) is 6.31. The van der Waals surface area contributed by atoms with Crippen LogP contribution in [0.2, 0.25) is 0 Å². The van der Waals surface area contributed by atoms with Crippen LogP contribution in [0.1, 0.15) is 53.2 Å². The van der Waals surface area contributed by atoms with Crippen molar-refractivity contribution in [2.24, 2.45) is 0 Å². The van der Waals surface area contributed by atoms with Crippen molar-refractivity contribution in [1.29, 1.82) is 0 Å². The molecule has 0 aromatic heterocycles. The average molecular weight is 349 g/mol. The van der Waals surface area contributed by atoms with Gasteiger partial charge < -0.3 is 4.74 Å². The zero-order valence-corrected chi connectivity index (χ0v) is 17.1. The van der Waals surface area contributed by atoms with E-state index in [1.54, 1.807) is 0 Å². The Morgan fingerprint density at radius 1 is 1.00 bits per heavy atom. The van der Waals surface area contributed by atoms with Crippen LogP contribution < -0.4 is 10.0 Å². The number of hydrogen-bond acceptors (Lipinski definition) is 2. The number of rotatable bonds is 8. The number of ether oxygens (including phenoxy) is 1. The van der Waals surface area contributed by atoms with E-state index in [4.69, 9.17) is 4.74 Å². The van der Waals surface area contributed by atoms with Gasteiger partial charge in [0, 0.05) is 24.4 Å². The van der Waals surface area contributed by atoms with Crippen molar-refractivity contribution in [3.05, 3.63) is 58.7 Å². The smallest absolute Gasteiger partial charge is 0.186 e. The summed E-state index contributed by atoms with van der Waals surface area (Å²) in [6, 6.07) is 12.1. The van der Waals surface area contributed by atoms with E-state index in [2.05, 4.69) is 26.0 Å². The Kier molecular flexibility index (Phi) is 9.51. The molecule has 0 aliphatic carbocycles. The molecule has 0 fully saturated rings. The minimum atomic E-state index is 0. The summed E-state index contributed by atoms with van der Waals surface area (Å²) >= 11 is 0. The maximum absolute atomic E-state index is 12.7. The fourth-order valence-corrected chi connectivity index (χ4v) is 4.02. The first-order valence-electron chi connectivity index (χ1n) is 8.63. The van der Waals surface area contributed by atoms with E-state index in [1.807, 2.05) is 38.1 Å². The molecule has 1 radical (unpaired) electrons. The van der Waals surface area contributed by atoms with Gasteiger partial charge in [0.2, 0.25) is 0 Å². The first kappa shape index (κ1) is 22.0. The summed E-state index contributed by atoms with van der Waals surface area (Å²) in [6.45, 7) is 9.05. The molecule has 0 heterocycles. The van der Waals surface area contributed by atoms with Gasteiger partial charge in [-0.2, -0.15) is 0 Å². The summed E-state index contributed by atoms with van der Waals surface area (Å²) < 4.78 is 5.72. The van der Waals surface area contributed by atoms with E-state index in [0.29, 0.717) is 0 Å². The Bertz CT molecular complexity index is 673. The van der Waals surface area contributed by atoms with Gasteiger partial charge in [-0.05, 0) is 64.3 Å². The Labute approximate surface area is 165 Å². The van der Waals surface area contributed by atoms with E-state index >= 15 is 0 Å². The van der Waals surface area contributed by atoms with Gasteiger partial charge >= 0.3 is 0 Å². The molecule has 2 aromatic carbocycles. The van der Waals surface area contributed by atoms with Gasteiger partial charge in [0.25, 0.3) is 0 Å². The summed E-state index contributed by atoms with van der Waals surface area (Å²) in [7, 11) is 0.150. The van der Waals surface area contributed by atoms with E-state index in [1.165, 1.54) is 18.4 Å². The predicted molar refractivity (Wildman–Crippen MR) is 110 cm³/mol. The van der Waals surface area contributed by atoms with E-state index in [9.17, 15) is 4.79 Å². The first-order valence-corrected chi connectivity index (χ1v) is 9.63. The fraction of sp³-hybridized carbons (Fsp3) is 0.381. The Morgan fingerprint density at radius 2 is 1.60 bits per heavy atom. The van der Waals surface area contributed by atoms with Crippen LogP contribution in [0.25, 0.3) is 0 Å². The molecule has 129 valence electrons. The van der Waals surface area contributed by atoms with Gasteiger partial charge in [0.15, 0.2) is 5.52 Å². The fourth-order valence-electron chi connectivity index (χ4n) is 2.91. The predicted octanol–water partition coefficient (Wildman–Crippen LogP) is 4.94. The second-order valence-corrected chi connectivity index (χ2v) is 7.59. The minimum absolute atomic E-state index is 0. The van der Waals surface area contributed by atoms with Crippen LogP contribution in [-0.4, -0.2) is 31.0 Å². The molecule has 0 amide bonds. The molecular weight excluding hydrogens is 322 g/mol. The second kappa shape index (κ2) is 10.8. The topological polar surface area (TPSA) is 26.3 Å². The molecule has 0 aliphatic heterocycles. The molecule has 4 heteroatoms. The molecule has 0 N–H and O–H groups in total. The summed E-state index contributed by atoms with van der Waals surface area (Å²) in [5.74, 6) is 0.884. The first-order chi connectivity index (χ1) is 11.5. The molecule has 0 aliphatic rings. The van der Waals surface area contributed by atoms with Crippen LogP contribution in [0.15, 0.2) is 36.4 Å². The maximum atomic E-state index is 12.7. The minimum Gasteiger partial charge on any atom is -0.494 e. The maximum Gasteiger partial charge on any atom is 0.186 e. The SMILES string of the molecule is CCCCCOc1ccc(PC(=O)c2c(C)cc(C)cc2C)cc1.[Li]. The number of hydrogen-bond donors (Lipinski definition) is 0. The Morgan fingerprint density at radius 3 is 2.16 bits per heavy atom. The molecule has 0 bridgehead atoms. The van der Waals surface area contributed by atoms with E-state index in [-0.39, 0.29) is 33.0 Å². The summed E-state index contributed by atoms with van der Waals surface area (Å²) in [6.07, 6.45) is 3.48. The van der Waals surface area contributed by atoms with Gasteiger partial charge in [-0.25, -0.2) is 0 Å². The van der Waals surface area contributed by atoms with Gasteiger partial charge in [-0.1, -0.05) is 49.6 Å². The molecule has 1 atom stereocenters. The molecule has 0 saturated carbocycles. The molecule has 25 heavy (non-hydrogen) atoms. The van der Waals surface area contributed by atoms with Gasteiger partial charge in [-0.15, -0.1) is 0 Å². The van der Waals surface area contributed by atoms with E-state index < -0.39 is 0 Å². The number of carbonyl (C=O) groups excluding carboxylic acids is 1. The molecule has 2 aromatic rings. The number of aryl methyl sites for hydroxylation is 3. The van der Waals surface area contributed by atoms with Crippen molar-refractivity contribution >= 4 is 38.3 Å². The third-order valence-corrected chi connectivity index (χ3v) is 5.13. The van der Waals surface area contributed by atoms with Crippen molar-refractivity contribution in [3.8, 4) is 5.75 Å². The normalized spacial score (nSPS) is 10.7. The monoisotopic (exact) mass is 349 g/mol. The van der Waals surface area contributed by atoms with Crippen LogP contribution >= 0.6 is 8.58 Å². The average Bonchev–Trinajstić information content (AvgIpc) is 2.52. The standard InChI is InChI=1S/C21H27O2P.Li/c1-5-6-7-12-23-18-8-10-19(11-9-18)24-21(22)20-16(3)13-15(2)14-17(20)4;/h8-11,13-14,24H,5-7,12H2,1-4H3;. The largest absolute Gasteiger partial charge is 0.494 e. The number of unbranched alkanes of at least 4 members (excludes halogenated alkanes) is 2. The quantitative estimate of drug-likeness (QED) is 0.383. The third-order valence-electron chi connectivity index (χ3n) is 4.03. The van der Waals surface area contributed by atoms with Crippen molar-refractivity contribution < 1.29 is 9.53 Å². The molecule has 1 unspecified atom stereocenters.